The summed E-state index contributed by atoms with van der Waals surface area (Å²) in [5.41, 5.74) is 1.47. The molecule has 0 saturated carbocycles. The lowest BCUT2D eigenvalue weighted by atomic mass is 9.95. The minimum Gasteiger partial charge on any atom is -0.454 e. The van der Waals surface area contributed by atoms with E-state index in [-0.39, 0.29) is 35.1 Å². The zero-order valence-corrected chi connectivity index (χ0v) is 24.7. The summed E-state index contributed by atoms with van der Waals surface area (Å²) < 4.78 is 71.9. The maximum Gasteiger partial charge on any atom is 0.251 e. The van der Waals surface area contributed by atoms with Crippen LogP contribution in [0.25, 0.3) is 22.2 Å². The number of aromatic nitrogens is 3. The zero-order valence-electron chi connectivity index (χ0n) is 22.3. The van der Waals surface area contributed by atoms with Gasteiger partial charge in [-0.2, -0.15) is 5.10 Å². The summed E-state index contributed by atoms with van der Waals surface area (Å²) in [6.07, 6.45) is 7.40. The number of hydrogen-bond donors (Lipinski definition) is 0. The first-order valence-corrected chi connectivity index (χ1v) is 15.9. The molecule has 0 N–H and O–H groups in total. The van der Waals surface area contributed by atoms with Gasteiger partial charge in [-0.3, -0.25) is 0 Å². The first-order valence-electron chi connectivity index (χ1n) is 13.3. The molecule has 1 aliphatic carbocycles. The van der Waals surface area contributed by atoms with Crippen LogP contribution >= 0.6 is 15.9 Å². The fourth-order valence-electron chi connectivity index (χ4n) is 5.27. The third-order valence-electron chi connectivity index (χ3n) is 7.72. The van der Waals surface area contributed by atoms with Crippen molar-refractivity contribution in [3.05, 3.63) is 96.0 Å². The van der Waals surface area contributed by atoms with Crippen molar-refractivity contribution in [1.82, 2.24) is 13.8 Å². The van der Waals surface area contributed by atoms with E-state index in [1.165, 1.54) is 31.3 Å². The van der Waals surface area contributed by atoms with Gasteiger partial charge in [0, 0.05) is 40.9 Å². The quantitative estimate of drug-likeness (QED) is 0.198. The second-order valence-electron chi connectivity index (χ2n) is 10.4. The van der Waals surface area contributed by atoms with Gasteiger partial charge in [-0.15, -0.1) is 0 Å². The van der Waals surface area contributed by atoms with Crippen LogP contribution in [-0.2, 0) is 14.8 Å². The van der Waals surface area contributed by atoms with Crippen molar-refractivity contribution in [3.8, 4) is 17.0 Å². The van der Waals surface area contributed by atoms with Crippen LogP contribution in [0.3, 0.4) is 0 Å². The molecular weight excluding hydrogens is 616 g/mol. The smallest absolute Gasteiger partial charge is 0.251 e. The molecule has 2 aliphatic rings. The molecular formula is C30H28BrF2N3O4S. The van der Waals surface area contributed by atoms with E-state index in [0.29, 0.717) is 23.4 Å². The minimum atomic E-state index is -4.26. The average Bonchev–Trinajstić information content (AvgIpc) is 3.65. The molecule has 0 radical (unpaired) electrons. The SMILES string of the molecule is CC1(S(=O)(=O)n2ccc3ccccc32)CC=C(CBr)C(Oc2ccc(F)c(-c3ccn(C4CCCCO4)n3)c2)=C1F. The van der Waals surface area contributed by atoms with Gasteiger partial charge >= 0.3 is 0 Å². The number of halogens is 3. The van der Waals surface area contributed by atoms with Crippen molar-refractivity contribution < 1.29 is 26.7 Å². The highest BCUT2D eigenvalue weighted by Crippen LogP contribution is 2.43. The predicted molar refractivity (Wildman–Crippen MR) is 156 cm³/mol. The molecule has 2 aromatic heterocycles. The topological polar surface area (TPSA) is 75.3 Å². The number of nitrogens with zero attached hydrogens (tertiary/aromatic N) is 3. The summed E-state index contributed by atoms with van der Waals surface area (Å²) in [6, 6.07) is 14.4. The van der Waals surface area contributed by atoms with Gasteiger partial charge in [-0.05, 0) is 69.0 Å². The molecule has 7 nitrogen and oxygen atoms in total. The van der Waals surface area contributed by atoms with Gasteiger partial charge in [-0.1, -0.05) is 40.2 Å². The lowest BCUT2D eigenvalue weighted by Crippen LogP contribution is -2.42. The molecule has 0 bridgehead atoms. The van der Waals surface area contributed by atoms with E-state index in [1.807, 2.05) is 6.07 Å². The Labute approximate surface area is 245 Å². The highest BCUT2D eigenvalue weighted by molar-refractivity contribution is 9.09. The number of allylic oxidation sites excluding steroid dienone is 2. The van der Waals surface area contributed by atoms with Crippen molar-refractivity contribution in [2.75, 3.05) is 11.9 Å². The lowest BCUT2D eigenvalue weighted by molar-refractivity contribution is -0.0393. The third kappa shape index (κ3) is 4.83. The second-order valence-corrected chi connectivity index (χ2v) is 13.2. The van der Waals surface area contributed by atoms with Gasteiger partial charge in [0.05, 0.1) is 11.2 Å². The number of fused-ring (bicyclic) bond motifs is 1. The molecule has 1 saturated heterocycles. The number of benzene rings is 2. The van der Waals surface area contributed by atoms with E-state index < -0.39 is 26.4 Å². The van der Waals surface area contributed by atoms with E-state index in [0.717, 1.165) is 28.6 Å². The van der Waals surface area contributed by atoms with Crippen LogP contribution in [0.4, 0.5) is 8.78 Å². The Hall–Kier alpha value is -3.28. The average molecular weight is 645 g/mol. The monoisotopic (exact) mass is 643 g/mol. The standard InChI is InChI=1S/C30H28BrF2N3O4S/c1-30(41(37,38)36-16-12-20-6-2-3-7-26(20)36)14-11-21(19-31)28(29(30)33)40-22-9-10-24(32)23(18-22)25-13-15-35(34-25)27-8-4-5-17-39-27/h2-3,6-7,9-13,15-16,18,27H,4-5,8,14,17,19H2,1H3. The number of rotatable bonds is 7. The molecule has 3 heterocycles. The largest absolute Gasteiger partial charge is 0.454 e. The summed E-state index contributed by atoms with van der Waals surface area (Å²) in [7, 11) is -4.26. The maximum absolute atomic E-state index is 16.4. The Morgan fingerprint density at radius 3 is 2.73 bits per heavy atom. The summed E-state index contributed by atoms with van der Waals surface area (Å²) >= 11 is 3.37. The van der Waals surface area contributed by atoms with Gasteiger partial charge in [0.1, 0.15) is 22.5 Å². The van der Waals surface area contributed by atoms with Gasteiger partial charge < -0.3 is 9.47 Å². The number of ether oxygens (including phenoxy) is 2. The van der Waals surface area contributed by atoms with Gasteiger partial charge in [0.25, 0.3) is 10.0 Å². The van der Waals surface area contributed by atoms with Crippen LogP contribution < -0.4 is 4.74 Å². The van der Waals surface area contributed by atoms with Crippen LogP contribution in [0, 0.1) is 5.82 Å². The Balaban J connectivity index is 1.36. The first-order chi connectivity index (χ1) is 19.7. The van der Waals surface area contributed by atoms with E-state index in [1.54, 1.807) is 47.3 Å². The molecule has 1 fully saturated rings. The fourth-order valence-corrected chi connectivity index (χ4v) is 7.44. The second kappa shape index (κ2) is 10.8. The van der Waals surface area contributed by atoms with Crippen molar-refractivity contribution >= 4 is 36.9 Å². The summed E-state index contributed by atoms with van der Waals surface area (Å²) in [4.78, 5) is 0. The minimum absolute atomic E-state index is 0.0865. The van der Waals surface area contributed by atoms with E-state index in [9.17, 15) is 12.8 Å². The number of hydrogen-bond acceptors (Lipinski definition) is 5. The van der Waals surface area contributed by atoms with Gasteiger partial charge in [0.15, 0.2) is 11.6 Å². The van der Waals surface area contributed by atoms with Crippen molar-refractivity contribution in [2.24, 2.45) is 0 Å². The van der Waals surface area contributed by atoms with E-state index >= 15 is 4.39 Å². The molecule has 0 spiro atoms. The first kappa shape index (κ1) is 27.9. The molecule has 11 heteroatoms. The third-order valence-corrected chi connectivity index (χ3v) is 10.6. The molecule has 4 aromatic rings. The molecule has 0 amide bonds. The lowest BCUT2D eigenvalue weighted by Gasteiger charge is -2.32. The van der Waals surface area contributed by atoms with Crippen molar-refractivity contribution in [2.45, 2.75) is 43.6 Å². The Bertz CT molecular complexity index is 1790. The van der Waals surface area contributed by atoms with E-state index in [4.69, 9.17) is 9.47 Å². The molecule has 6 rings (SSSR count). The van der Waals surface area contributed by atoms with Crippen LogP contribution in [0.5, 0.6) is 5.75 Å². The van der Waals surface area contributed by atoms with Crippen LogP contribution in [0.2, 0.25) is 0 Å². The maximum atomic E-state index is 16.4. The van der Waals surface area contributed by atoms with Crippen molar-refractivity contribution in [1.29, 1.82) is 0 Å². The molecule has 1 aliphatic heterocycles. The van der Waals surface area contributed by atoms with Crippen molar-refractivity contribution in [3.63, 3.8) is 0 Å². The molecule has 214 valence electrons. The fraction of sp³-hybridized carbons (Fsp3) is 0.300. The number of alkyl halides is 1. The number of para-hydroxylation sites is 1. The molecule has 41 heavy (non-hydrogen) atoms. The Kier molecular flexibility index (Phi) is 7.37. The summed E-state index contributed by atoms with van der Waals surface area (Å²) in [5, 5.41) is 5.48. The van der Waals surface area contributed by atoms with Gasteiger partial charge in [-0.25, -0.2) is 25.9 Å². The van der Waals surface area contributed by atoms with Gasteiger partial charge in [0.2, 0.25) is 0 Å². The highest BCUT2D eigenvalue weighted by atomic mass is 79.9. The molecule has 2 atom stereocenters. The zero-order chi connectivity index (χ0) is 28.8. The Morgan fingerprint density at radius 1 is 1.12 bits per heavy atom. The summed E-state index contributed by atoms with van der Waals surface area (Å²) in [5.74, 6) is -1.51. The van der Waals surface area contributed by atoms with E-state index in [2.05, 4.69) is 21.0 Å². The molecule has 2 aromatic carbocycles. The Morgan fingerprint density at radius 2 is 1.95 bits per heavy atom. The van der Waals surface area contributed by atoms with Crippen LogP contribution in [0.15, 0.2) is 90.2 Å². The molecule has 2 unspecified atom stereocenters. The highest BCUT2D eigenvalue weighted by Gasteiger charge is 2.49. The van der Waals surface area contributed by atoms with Crippen LogP contribution in [0.1, 0.15) is 38.8 Å². The predicted octanol–water partition coefficient (Wildman–Crippen LogP) is 7.26. The van der Waals surface area contributed by atoms with Crippen LogP contribution in [-0.4, -0.2) is 38.9 Å². The summed E-state index contributed by atoms with van der Waals surface area (Å²) in [6.45, 7) is 2.00. The normalized spacial score (nSPS) is 21.8.